The van der Waals surface area contributed by atoms with Gasteiger partial charge in [0.25, 0.3) is 0 Å². The molecular weight excluding hydrogens is 264 g/mol. The molecule has 0 atom stereocenters. The summed E-state index contributed by atoms with van der Waals surface area (Å²) in [6.07, 6.45) is 0. The average Bonchev–Trinajstić information content (AvgIpc) is 2.50. The maximum atomic E-state index is 5.31. The van der Waals surface area contributed by atoms with Crippen molar-refractivity contribution in [2.45, 2.75) is 6.54 Å². The molecule has 2 rings (SSSR count). The molecule has 0 aromatic heterocycles. The standard InChI is InChI=1S/C16H28N4O/c1-21-16-4-2-3-15(13-16)14-20-11-9-18-7-5-17-6-8-19-10-12-20/h2-4,13,17-19H,5-12,14H2,1H3. The Labute approximate surface area is 128 Å². The summed E-state index contributed by atoms with van der Waals surface area (Å²) < 4.78 is 5.31. The third kappa shape index (κ3) is 6.44. The number of methoxy groups -OCH3 is 1. The van der Waals surface area contributed by atoms with Gasteiger partial charge in [-0.1, -0.05) is 12.1 Å². The lowest BCUT2D eigenvalue weighted by Crippen LogP contribution is -2.41. The number of hydrogen-bond acceptors (Lipinski definition) is 5. The van der Waals surface area contributed by atoms with Crippen LogP contribution in [-0.2, 0) is 6.54 Å². The third-order valence-electron chi connectivity index (χ3n) is 3.71. The van der Waals surface area contributed by atoms with E-state index in [9.17, 15) is 0 Å². The van der Waals surface area contributed by atoms with Crippen LogP contribution in [0.3, 0.4) is 0 Å². The molecule has 1 aromatic carbocycles. The number of rotatable bonds is 3. The zero-order valence-corrected chi connectivity index (χ0v) is 13.0. The van der Waals surface area contributed by atoms with Gasteiger partial charge in [0.2, 0.25) is 0 Å². The maximum absolute atomic E-state index is 5.31. The van der Waals surface area contributed by atoms with Crippen molar-refractivity contribution in [3.63, 3.8) is 0 Å². The van der Waals surface area contributed by atoms with Gasteiger partial charge in [0, 0.05) is 58.9 Å². The Balaban J connectivity index is 1.87. The fraction of sp³-hybridized carbons (Fsp3) is 0.625. The lowest BCUT2D eigenvalue weighted by molar-refractivity contribution is 0.262. The van der Waals surface area contributed by atoms with E-state index in [1.54, 1.807) is 7.11 Å². The van der Waals surface area contributed by atoms with E-state index in [0.717, 1.165) is 64.7 Å². The quantitative estimate of drug-likeness (QED) is 0.747. The number of nitrogens with zero attached hydrogens (tertiary/aromatic N) is 1. The first-order valence-corrected chi connectivity index (χ1v) is 7.86. The van der Waals surface area contributed by atoms with Gasteiger partial charge in [-0.3, -0.25) is 4.90 Å². The number of benzene rings is 1. The molecule has 5 heteroatoms. The highest BCUT2D eigenvalue weighted by molar-refractivity contribution is 5.28. The van der Waals surface area contributed by atoms with E-state index in [2.05, 4.69) is 39.0 Å². The van der Waals surface area contributed by atoms with Gasteiger partial charge in [0.05, 0.1) is 7.11 Å². The van der Waals surface area contributed by atoms with Crippen LogP contribution in [0.25, 0.3) is 0 Å². The minimum Gasteiger partial charge on any atom is -0.497 e. The topological polar surface area (TPSA) is 48.6 Å². The molecule has 1 aromatic rings. The van der Waals surface area contributed by atoms with Crippen molar-refractivity contribution in [2.75, 3.05) is 59.5 Å². The SMILES string of the molecule is COc1cccc(CN2CCNCCNCCNCC2)c1. The Morgan fingerprint density at radius 2 is 1.57 bits per heavy atom. The predicted octanol–water partition coefficient (Wildman–Crippen LogP) is 0.280. The molecule has 0 aliphatic carbocycles. The first-order chi connectivity index (χ1) is 10.4. The molecule has 21 heavy (non-hydrogen) atoms. The van der Waals surface area contributed by atoms with Gasteiger partial charge in [0.1, 0.15) is 5.75 Å². The van der Waals surface area contributed by atoms with Crippen LogP contribution < -0.4 is 20.7 Å². The second kappa shape index (κ2) is 9.73. The Kier molecular flexibility index (Phi) is 7.53. The second-order valence-electron chi connectivity index (χ2n) is 5.38. The largest absolute Gasteiger partial charge is 0.497 e. The Bertz CT molecular complexity index is 388. The minimum absolute atomic E-state index is 0.934. The highest BCUT2D eigenvalue weighted by Gasteiger charge is 2.07. The smallest absolute Gasteiger partial charge is 0.119 e. The maximum Gasteiger partial charge on any atom is 0.119 e. The van der Waals surface area contributed by atoms with Crippen LogP contribution in [-0.4, -0.2) is 64.4 Å². The molecule has 1 saturated heterocycles. The zero-order valence-electron chi connectivity index (χ0n) is 13.0. The molecule has 3 N–H and O–H groups in total. The molecule has 0 saturated carbocycles. The number of ether oxygens (including phenoxy) is 1. The summed E-state index contributed by atoms with van der Waals surface area (Å²) in [5.41, 5.74) is 1.31. The van der Waals surface area contributed by atoms with E-state index in [-0.39, 0.29) is 0 Å². The normalized spacial score (nSPS) is 19.5. The van der Waals surface area contributed by atoms with E-state index in [1.807, 2.05) is 6.07 Å². The van der Waals surface area contributed by atoms with E-state index in [0.29, 0.717) is 0 Å². The molecule has 0 radical (unpaired) electrons. The van der Waals surface area contributed by atoms with Crippen LogP contribution in [0.1, 0.15) is 5.56 Å². The van der Waals surface area contributed by atoms with Crippen LogP contribution in [0.15, 0.2) is 24.3 Å². The molecule has 0 unspecified atom stereocenters. The summed E-state index contributed by atoms with van der Waals surface area (Å²) >= 11 is 0. The van der Waals surface area contributed by atoms with E-state index in [1.165, 1.54) is 5.56 Å². The Hall–Kier alpha value is -1.14. The van der Waals surface area contributed by atoms with Gasteiger partial charge in [-0.15, -0.1) is 0 Å². The molecule has 1 aliphatic rings. The van der Waals surface area contributed by atoms with Crippen LogP contribution in [0.2, 0.25) is 0 Å². The lowest BCUT2D eigenvalue weighted by Gasteiger charge is -2.24. The number of hydrogen-bond donors (Lipinski definition) is 3. The van der Waals surface area contributed by atoms with Crippen molar-refractivity contribution in [2.24, 2.45) is 0 Å². The van der Waals surface area contributed by atoms with Crippen molar-refractivity contribution < 1.29 is 4.74 Å². The molecule has 1 aliphatic heterocycles. The summed E-state index contributed by atoms with van der Waals surface area (Å²) in [6.45, 7) is 9.32. The predicted molar refractivity (Wildman–Crippen MR) is 86.9 cm³/mol. The summed E-state index contributed by atoms with van der Waals surface area (Å²) in [4.78, 5) is 2.49. The second-order valence-corrected chi connectivity index (χ2v) is 5.38. The van der Waals surface area contributed by atoms with Crippen molar-refractivity contribution in [3.05, 3.63) is 29.8 Å². The van der Waals surface area contributed by atoms with Crippen LogP contribution in [0, 0.1) is 0 Å². The first kappa shape index (κ1) is 16.2. The minimum atomic E-state index is 0.934. The van der Waals surface area contributed by atoms with Gasteiger partial charge in [0.15, 0.2) is 0 Å². The van der Waals surface area contributed by atoms with Gasteiger partial charge >= 0.3 is 0 Å². The molecule has 1 fully saturated rings. The third-order valence-corrected chi connectivity index (χ3v) is 3.71. The summed E-state index contributed by atoms with van der Waals surface area (Å²) in [7, 11) is 1.72. The summed E-state index contributed by atoms with van der Waals surface area (Å²) in [5.74, 6) is 0.934. The molecule has 1 heterocycles. The monoisotopic (exact) mass is 292 g/mol. The zero-order chi connectivity index (χ0) is 14.8. The Morgan fingerprint density at radius 3 is 2.19 bits per heavy atom. The highest BCUT2D eigenvalue weighted by atomic mass is 16.5. The Morgan fingerprint density at radius 1 is 0.952 bits per heavy atom. The molecule has 0 bridgehead atoms. The summed E-state index contributed by atoms with van der Waals surface area (Å²) in [5, 5.41) is 10.4. The van der Waals surface area contributed by atoms with Gasteiger partial charge in [-0.25, -0.2) is 0 Å². The molecule has 0 spiro atoms. The van der Waals surface area contributed by atoms with Crippen LogP contribution in [0.5, 0.6) is 5.75 Å². The summed E-state index contributed by atoms with van der Waals surface area (Å²) in [6, 6.07) is 8.35. The van der Waals surface area contributed by atoms with Crippen LogP contribution in [0.4, 0.5) is 0 Å². The molecule has 0 amide bonds. The first-order valence-electron chi connectivity index (χ1n) is 7.86. The molecule has 5 nitrogen and oxygen atoms in total. The highest BCUT2D eigenvalue weighted by Crippen LogP contribution is 2.14. The molecular formula is C16H28N4O. The van der Waals surface area contributed by atoms with Crippen molar-refractivity contribution >= 4 is 0 Å². The van der Waals surface area contributed by atoms with Gasteiger partial charge in [-0.2, -0.15) is 0 Å². The van der Waals surface area contributed by atoms with Gasteiger partial charge in [-0.05, 0) is 17.7 Å². The van der Waals surface area contributed by atoms with Gasteiger partial charge < -0.3 is 20.7 Å². The van der Waals surface area contributed by atoms with E-state index in [4.69, 9.17) is 4.74 Å². The van der Waals surface area contributed by atoms with E-state index < -0.39 is 0 Å². The fourth-order valence-electron chi connectivity index (χ4n) is 2.50. The number of nitrogens with one attached hydrogen (secondary N) is 3. The average molecular weight is 292 g/mol. The lowest BCUT2D eigenvalue weighted by atomic mass is 10.2. The van der Waals surface area contributed by atoms with Crippen molar-refractivity contribution in [1.29, 1.82) is 0 Å². The van der Waals surface area contributed by atoms with E-state index >= 15 is 0 Å². The van der Waals surface area contributed by atoms with Crippen molar-refractivity contribution in [3.8, 4) is 5.75 Å². The fourth-order valence-corrected chi connectivity index (χ4v) is 2.50. The van der Waals surface area contributed by atoms with Crippen LogP contribution >= 0.6 is 0 Å². The van der Waals surface area contributed by atoms with Crippen molar-refractivity contribution in [1.82, 2.24) is 20.9 Å². The molecule has 118 valence electrons.